The van der Waals surface area contributed by atoms with Crippen molar-refractivity contribution in [1.29, 1.82) is 0 Å². The highest BCUT2D eigenvalue weighted by Gasteiger charge is 2.12. The number of nitrogens with one attached hydrogen (secondary N) is 1. The number of para-hydroxylation sites is 2. The van der Waals surface area contributed by atoms with Gasteiger partial charge in [-0.15, -0.1) is 11.3 Å². The van der Waals surface area contributed by atoms with Crippen molar-refractivity contribution in [2.45, 2.75) is 20.4 Å². The number of carbonyl (C=O) groups excluding carboxylic acids is 1. The molecular formula is C21H18N4O2S. The van der Waals surface area contributed by atoms with E-state index in [0.29, 0.717) is 16.2 Å². The van der Waals surface area contributed by atoms with Crippen LogP contribution in [0.15, 0.2) is 58.8 Å². The average molecular weight is 390 g/mol. The molecule has 0 spiro atoms. The van der Waals surface area contributed by atoms with E-state index < -0.39 is 0 Å². The number of hydrogen-bond acceptors (Lipinski definition) is 5. The maximum atomic E-state index is 12.5. The molecule has 0 unspecified atom stereocenters. The molecule has 0 atom stereocenters. The van der Waals surface area contributed by atoms with E-state index in [0.717, 1.165) is 11.3 Å². The van der Waals surface area contributed by atoms with E-state index in [1.807, 2.05) is 23.6 Å². The van der Waals surface area contributed by atoms with Gasteiger partial charge in [-0.05, 0) is 43.2 Å². The van der Waals surface area contributed by atoms with Gasteiger partial charge in [0.05, 0.1) is 22.9 Å². The van der Waals surface area contributed by atoms with Crippen LogP contribution in [-0.2, 0) is 11.3 Å². The van der Waals surface area contributed by atoms with Crippen molar-refractivity contribution in [3.8, 4) is 11.3 Å². The molecule has 1 amide bonds. The highest BCUT2D eigenvalue weighted by molar-refractivity contribution is 7.14. The Bertz CT molecular complexity index is 1240. The summed E-state index contributed by atoms with van der Waals surface area (Å²) in [6.45, 7) is 4.03. The predicted octanol–water partition coefficient (Wildman–Crippen LogP) is 3.78. The molecule has 0 aliphatic rings. The molecule has 4 rings (SSSR count). The van der Waals surface area contributed by atoms with Gasteiger partial charge >= 0.3 is 0 Å². The average Bonchev–Trinajstić information content (AvgIpc) is 3.14. The van der Waals surface area contributed by atoms with Crippen molar-refractivity contribution in [1.82, 2.24) is 14.5 Å². The molecule has 0 bridgehead atoms. The molecular weight excluding hydrogens is 372 g/mol. The van der Waals surface area contributed by atoms with Crippen LogP contribution in [0.4, 0.5) is 5.13 Å². The van der Waals surface area contributed by atoms with Gasteiger partial charge in [-0.25, -0.2) is 9.97 Å². The molecule has 4 aromatic rings. The molecule has 0 fully saturated rings. The summed E-state index contributed by atoms with van der Waals surface area (Å²) in [5, 5.41) is 5.20. The number of carbonyl (C=O) groups is 1. The molecule has 0 saturated heterocycles. The Labute approximate surface area is 165 Å². The van der Waals surface area contributed by atoms with Gasteiger partial charge in [0.15, 0.2) is 5.13 Å². The van der Waals surface area contributed by atoms with E-state index in [1.165, 1.54) is 33.2 Å². The van der Waals surface area contributed by atoms with Gasteiger partial charge in [0.1, 0.15) is 6.54 Å². The van der Waals surface area contributed by atoms with Crippen LogP contribution >= 0.6 is 11.3 Å². The summed E-state index contributed by atoms with van der Waals surface area (Å²) in [5.74, 6) is -0.306. The van der Waals surface area contributed by atoms with Gasteiger partial charge in [-0.1, -0.05) is 24.3 Å². The largest absolute Gasteiger partial charge is 0.300 e. The highest BCUT2D eigenvalue weighted by Crippen LogP contribution is 2.26. The number of amides is 1. The van der Waals surface area contributed by atoms with Gasteiger partial charge in [0.2, 0.25) is 5.91 Å². The molecule has 0 aliphatic heterocycles. The summed E-state index contributed by atoms with van der Waals surface area (Å²) < 4.78 is 1.41. The molecule has 2 aromatic heterocycles. The number of thiazole rings is 1. The van der Waals surface area contributed by atoms with Crippen LogP contribution in [0.25, 0.3) is 22.3 Å². The molecule has 0 radical (unpaired) electrons. The van der Waals surface area contributed by atoms with Crippen LogP contribution in [0, 0.1) is 13.8 Å². The fourth-order valence-corrected chi connectivity index (χ4v) is 3.68. The molecule has 2 heterocycles. The minimum absolute atomic E-state index is 0.0968. The van der Waals surface area contributed by atoms with Crippen molar-refractivity contribution >= 4 is 33.4 Å². The SMILES string of the molecule is Cc1ccc(-c2csc(NC(=O)Cn3c(=O)cnc4ccccc43)n2)cc1C. The number of aromatic nitrogens is 3. The van der Waals surface area contributed by atoms with Crippen LogP contribution in [0.5, 0.6) is 0 Å². The molecule has 140 valence electrons. The van der Waals surface area contributed by atoms with Crippen LogP contribution in [0.1, 0.15) is 11.1 Å². The van der Waals surface area contributed by atoms with Crippen LogP contribution in [0.3, 0.4) is 0 Å². The number of benzene rings is 2. The Morgan fingerprint density at radius 1 is 1.14 bits per heavy atom. The van der Waals surface area contributed by atoms with Crippen molar-refractivity contribution in [3.05, 3.63) is 75.5 Å². The number of nitrogens with zero attached hydrogens (tertiary/aromatic N) is 3. The van der Waals surface area contributed by atoms with Crippen LogP contribution < -0.4 is 10.9 Å². The van der Waals surface area contributed by atoms with E-state index in [4.69, 9.17) is 0 Å². The van der Waals surface area contributed by atoms with E-state index >= 15 is 0 Å². The summed E-state index contributed by atoms with van der Waals surface area (Å²) >= 11 is 1.36. The first-order chi connectivity index (χ1) is 13.5. The van der Waals surface area contributed by atoms with E-state index in [1.54, 1.807) is 12.1 Å². The number of rotatable bonds is 4. The zero-order valence-electron chi connectivity index (χ0n) is 15.5. The lowest BCUT2D eigenvalue weighted by atomic mass is 10.1. The van der Waals surface area contributed by atoms with Gasteiger partial charge in [-0.2, -0.15) is 0 Å². The van der Waals surface area contributed by atoms with Gasteiger partial charge in [0.25, 0.3) is 5.56 Å². The first kappa shape index (κ1) is 18.1. The Morgan fingerprint density at radius 2 is 1.96 bits per heavy atom. The second-order valence-corrected chi connectivity index (χ2v) is 7.41. The first-order valence-corrected chi connectivity index (χ1v) is 9.67. The summed E-state index contributed by atoms with van der Waals surface area (Å²) in [6.07, 6.45) is 1.23. The topological polar surface area (TPSA) is 76.9 Å². The fourth-order valence-electron chi connectivity index (χ4n) is 2.94. The molecule has 2 aromatic carbocycles. The zero-order chi connectivity index (χ0) is 19.7. The van der Waals surface area contributed by atoms with E-state index in [9.17, 15) is 9.59 Å². The smallest absolute Gasteiger partial charge is 0.269 e. The number of fused-ring (bicyclic) bond motifs is 1. The standard InChI is InChI=1S/C21H18N4O2S/c1-13-7-8-15(9-14(13)2)17-12-28-21(23-17)24-19(26)11-25-18-6-4-3-5-16(18)22-10-20(25)27/h3-10,12H,11H2,1-2H3,(H,23,24,26). The summed E-state index contributed by atoms with van der Waals surface area (Å²) in [7, 11) is 0. The predicted molar refractivity (Wildman–Crippen MR) is 112 cm³/mol. The molecule has 28 heavy (non-hydrogen) atoms. The molecule has 1 N–H and O–H groups in total. The summed E-state index contributed by atoms with van der Waals surface area (Å²) in [5.41, 5.74) is 5.22. The minimum Gasteiger partial charge on any atom is -0.300 e. The third-order valence-electron chi connectivity index (χ3n) is 4.61. The maximum Gasteiger partial charge on any atom is 0.269 e. The highest BCUT2D eigenvalue weighted by atomic mass is 32.1. The van der Waals surface area contributed by atoms with Crippen LogP contribution in [-0.4, -0.2) is 20.4 Å². The zero-order valence-corrected chi connectivity index (χ0v) is 16.3. The van der Waals surface area contributed by atoms with Gasteiger partial charge in [0, 0.05) is 10.9 Å². The minimum atomic E-state index is -0.316. The lowest BCUT2D eigenvalue weighted by molar-refractivity contribution is -0.116. The first-order valence-electron chi connectivity index (χ1n) is 8.79. The second-order valence-electron chi connectivity index (χ2n) is 6.56. The van der Waals surface area contributed by atoms with E-state index in [2.05, 4.69) is 41.3 Å². The Kier molecular flexibility index (Phi) is 4.75. The Balaban J connectivity index is 1.54. The normalized spacial score (nSPS) is 10.9. The third-order valence-corrected chi connectivity index (χ3v) is 5.37. The Hall–Kier alpha value is -3.32. The Morgan fingerprint density at radius 3 is 2.79 bits per heavy atom. The van der Waals surface area contributed by atoms with Crippen LogP contribution in [0.2, 0.25) is 0 Å². The van der Waals surface area contributed by atoms with Gasteiger partial charge in [-0.3, -0.25) is 14.2 Å². The number of hydrogen-bond donors (Lipinski definition) is 1. The molecule has 6 nitrogen and oxygen atoms in total. The molecule has 7 heteroatoms. The van der Waals surface area contributed by atoms with Crippen molar-refractivity contribution in [2.75, 3.05) is 5.32 Å². The quantitative estimate of drug-likeness (QED) is 0.575. The summed E-state index contributed by atoms with van der Waals surface area (Å²) in [6, 6.07) is 13.4. The monoisotopic (exact) mass is 390 g/mol. The lowest BCUT2D eigenvalue weighted by Gasteiger charge is -2.08. The summed E-state index contributed by atoms with van der Waals surface area (Å²) in [4.78, 5) is 33.3. The van der Waals surface area contributed by atoms with Crippen molar-refractivity contribution in [2.24, 2.45) is 0 Å². The maximum absolute atomic E-state index is 12.5. The number of anilines is 1. The number of aryl methyl sites for hydroxylation is 2. The second kappa shape index (κ2) is 7.36. The van der Waals surface area contributed by atoms with Gasteiger partial charge < -0.3 is 5.32 Å². The molecule has 0 aliphatic carbocycles. The van der Waals surface area contributed by atoms with Crippen molar-refractivity contribution < 1.29 is 4.79 Å². The lowest BCUT2D eigenvalue weighted by Crippen LogP contribution is -2.27. The van der Waals surface area contributed by atoms with E-state index in [-0.39, 0.29) is 18.0 Å². The van der Waals surface area contributed by atoms with Crippen molar-refractivity contribution in [3.63, 3.8) is 0 Å². The third kappa shape index (κ3) is 3.57. The fraction of sp³-hybridized carbons (Fsp3) is 0.143. The molecule has 0 saturated carbocycles.